The minimum Gasteiger partial charge on any atom is -0.377 e. The van der Waals surface area contributed by atoms with Crippen LogP contribution in [0.3, 0.4) is 0 Å². The molecule has 0 unspecified atom stereocenters. The summed E-state index contributed by atoms with van der Waals surface area (Å²) in [4.78, 5) is 0. The Bertz CT molecular complexity index is 93.6. The third kappa shape index (κ3) is 2.48. The van der Waals surface area contributed by atoms with Gasteiger partial charge in [-0.3, -0.25) is 0 Å². The molecule has 0 aromatic rings. The van der Waals surface area contributed by atoms with E-state index in [-0.39, 0.29) is 0 Å². The fourth-order valence-corrected chi connectivity index (χ4v) is 1.30. The maximum atomic E-state index is 5.59. The molecule has 0 aliphatic heterocycles. The van der Waals surface area contributed by atoms with Crippen LogP contribution in [-0.2, 0) is 4.74 Å². The van der Waals surface area contributed by atoms with Crippen LogP contribution in [0.4, 0.5) is 0 Å². The number of ether oxygens (including phenoxy) is 1. The average Bonchev–Trinajstić information content (AvgIpc) is 1.85. The topological polar surface area (TPSA) is 35.2 Å². The summed E-state index contributed by atoms with van der Waals surface area (Å²) < 4.78 is 5.49. The summed E-state index contributed by atoms with van der Waals surface area (Å²) in [5, 5.41) is 0. The molecule has 0 spiro atoms. The minimum absolute atomic E-state index is 0.416. The molecule has 1 aliphatic carbocycles. The van der Waals surface area contributed by atoms with Gasteiger partial charge in [0, 0.05) is 11.8 Å². The van der Waals surface area contributed by atoms with E-state index in [1.165, 1.54) is 0 Å². The molecule has 0 aromatic carbocycles. The molecular weight excluding hydrogens is 146 g/mol. The highest BCUT2D eigenvalue weighted by molar-refractivity contribution is 7.98. The van der Waals surface area contributed by atoms with Crippen LogP contribution in [0, 0.1) is 0 Å². The molecule has 1 aliphatic rings. The summed E-state index contributed by atoms with van der Waals surface area (Å²) in [6, 6.07) is 0.416. The lowest BCUT2D eigenvalue weighted by Crippen LogP contribution is -2.41. The van der Waals surface area contributed by atoms with Gasteiger partial charge in [0.15, 0.2) is 0 Å². The van der Waals surface area contributed by atoms with Crippen molar-refractivity contribution < 1.29 is 4.74 Å². The van der Waals surface area contributed by atoms with Crippen molar-refractivity contribution in [2.45, 2.75) is 25.0 Å². The predicted octanol–water partition coefficient (Wildman–Crippen LogP) is 0.856. The van der Waals surface area contributed by atoms with Gasteiger partial charge in [0.1, 0.15) is 0 Å². The second-order valence-corrected chi connectivity index (χ2v) is 3.70. The highest BCUT2D eigenvalue weighted by atomic mass is 32.2. The van der Waals surface area contributed by atoms with E-state index in [1.807, 2.05) is 11.8 Å². The zero-order valence-corrected chi connectivity index (χ0v) is 7.19. The van der Waals surface area contributed by atoms with Crippen LogP contribution in [-0.4, -0.2) is 30.8 Å². The number of hydrogen-bond donors (Lipinski definition) is 1. The summed E-state index contributed by atoms with van der Waals surface area (Å²) >= 11 is 1.82. The van der Waals surface area contributed by atoms with Crippen LogP contribution >= 0.6 is 11.8 Å². The van der Waals surface area contributed by atoms with Crippen molar-refractivity contribution in [1.29, 1.82) is 0 Å². The second-order valence-electron chi connectivity index (χ2n) is 2.72. The smallest absolute Gasteiger partial charge is 0.0605 e. The van der Waals surface area contributed by atoms with E-state index < -0.39 is 0 Å². The maximum absolute atomic E-state index is 5.59. The van der Waals surface area contributed by atoms with Crippen molar-refractivity contribution in [3.8, 4) is 0 Å². The number of nitrogens with two attached hydrogens (primary N) is 1. The molecule has 0 bridgehead atoms. The van der Waals surface area contributed by atoms with Gasteiger partial charge in [-0.05, 0) is 19.1 Å². The van der Waals surface area contributed by atoms with Crippen molar-refractivity contribution in [3.05, 3.63) is 0 Å². The molecule has 1 rings (SSSR count). The largest absolute Gasteiger partial charge is 0.377 e. The Kier molecular flexibility index (Phi) is 3.52. The van der Waals surface area contributed by atoms with Gasteiger partial charge in [0.05, 0.1) is 12.7 Å². The van der Waals surface area contributed by atoms with Crippen LogP contribution in [0.25, 0.3) is 0 Å². The lowest BCUT2D eigenvalue weighted by Gasteiger charge is -2.32. The van der Waals surface area contributed by atoms with Gasteiger partial charge in [-0.1, -0.05) is 0 Å². The van der Waals surface area contributed by atoms with Crippen LogP contribution in [0.5, 0.6) is 0 Å². The molecular formula is C7H15NOS. The van der Waals surface area contributed by atoms with Gasteiger partial charge in [-0.2, -0.15) is 11.8 Å². The first-order chi connectivity index (χ1) is 4.83. The molecule has 0 atom stereocenters. The van der Waals surface area contributed by atoms with Crippen LogP contribution in [0.15, 0.2) is 0 Å². The van der Waals surface area contributed by atoms with E-state index in [9.17, 15) is 0 Å². The summed E-state index contributed by atoms with van der Waals surface area (Å²) in [6.07, 6.45) is 4.70. The van der Waals surface area contributed by atoms with E-state index in [4.69, 9.17) is 10.5 Å². The average molecular weight is 161 g/mol. The predicted molar refractivity (Wildman–Crippen MR) is 45.3 cm³/mol. The van der Waals surface area contributed by atoms with Crippen molar-refractivity contribution in [2.75, 3.05) is 18.6 Å². The maximum Gasteiger partial charge on any atom is 0.0605 e. The zero-order valence-electron chi connectivity index (χ0n) is 6.38. The number of thioether (sulfide) groups is 1. The van der Waals surface area contributed by atoms with Gasteiger partial charge in [-0.15, -0.1) is 0 Å². The fourth-order valence-electron chi connectivity index (χ4n) is 1.04. The van der Waals surface area contributed by atoms with E-state index in [0.29, 0.717) is 12.1 Å². The Morgan fingerprint density at radius 2 is 2.30 bits per heavy atom. The molecule has 0 amide bonds. The Balaban J connectivity index is 1.86. The van der Waals surface area contributed by atoms with Crippen molar-refractivity contribution in [2.24, 2.45) is 5.73 Å². The summed E-state index contributed by atoms with van der Waals surface area (Å²) in [6.45, 7) is 0.887. The molecule has 2 N–H and O–H groups in total. The molecule has 0 saturated heterocycles. The molecule has 60 valence electrons. The number of rotatable bonds is 4. The van der Waals surface area contributed by atoms with Crippen molar-refractivity contribution in [1.82, 2.24) is 0 Å². The quantitative estimate of drug-likeness (QED) is 0.621. The first-order valence-corrected chi connectivity index (χ1v) is 5.08. The van der Waals surface area contributed by atoms with Gasteiger partial charge < -0.3 is 10.5 Å². The highest BCUT2D eigenvalue weighted by Crippen LogP contribution is 2.20. The second kappa shape index (κ2) is 4.21. The Morgan fingerprint density at radius 1 is 1.60 bits per heavy atom. The van der Waals surface area contributed by atoms with Crippen molar-refractivity contribution >= 4 is 11.8 Å². The molecule has 0 radical (unpaired) electrons. The fraction of sp³-hybridized carbons (Fsp3) is 1.00. The third-order valence-electron chi connectivity index (χ3n) is 1.77. The summed E-state index contributed by atoms with van der Waals surface area (Å²) in [7, 11) is 0. The van der Waals surface area contributed by atoms with Crippen LogP contribution in [0.1, 0.15) is 12.8 Å². The Morgan fingerprint density at radius 3 is 2.80 bits per heavy atom. The van der Waals surface area contributed by atoms with E-state index in [1.54, 1.807) is 0 Å². The Labute approximate surface area is 66.5 Å². The molecule has 0 heterocycles. The number of hydrogen-bond acceptors (Lipinski definition) is 3. The zero-order chi connectivity index (χ0) is 7.40. The first kappa shape index (κ1) is 8.37. The monoisotopic (exact) mass is 161 g/mol. The minimum atomic E-state index is 0.416. The molecule has 0 aromatic heterocycles. The molecule has 1 saturated carbocycles. The molecule has 3 heteroatoms. The summed E-state index contributed by atoms with van der Waals surface area (Å²) in [5.41, 5.74) is 5.59. The highest BCUT2D eigenvalue weighted by Gasteiger charge is 2.25. The van der Waals surface area contributed by atoms with Gasteiger partial charge in [0.25, 0.3) is 0 Å². The van der Waals surface area contributed by atoms with Gasteiger partial charge in [-0.25, -0.2) is 0 Å². The molecule has 1 fully saturated rings. The lowest BCUT2D eigenvalue weighted by molar-refractivity contribution is 0.000200. The van der Waals surface area contributed by atoms with Gasteiger partial charge in [0.2, 0.25) is 0 Å². The lowest BCUT2D eigenvalue weighted by atomic mass is 9.90. The van der Waals surface area contributed by atoms with E-state index in [2.05, 4.69) is 6.26 Å². The Hall–Kier alpha value is 0.270. The van der Waals surface area contributed by atoms with E-state index in [0.717, 1.165) is 25.2 Å². The van der Waals surface area contributed by atoms with E-state index >= 15 is 0 Å². The third-order valence-corrected chi connectivity index (χ3v) is 2.35. The van der Waals surface area contributed by atoms with Crippen LogP contribution < -0.4 is 5.73 Å². The van der Waals surface area contributed by atoms with Crippen molar-refractivity contribution in [3.63, 3.8) is 0 Å². The normalized spacial score (nSPS) is 31.8. The van der Waals surface area contributed by atoms with Crippen LogP contribution in [0.2, 0.25) is 0 Å². The summed E-state index contributed by atoms with van der Waals surface area (Å²) in [5.74, 6) is 1.10. The standard InChI is InChI=1S/C7H15NOS/c1-10-3-2-9-7-4-6(8)5-7/h6-7H,2-5,8H2,1H3. The molecule has 10 heavy (non-hydrogen) atoms. The van der Waals surface area contributed by atoms with Gasteiger partial charge >= 0.3 is 0 Å². The SMILES string of the molecule is CSCCOC1CC(N)C1. The first-order valence-electron chi connectivity index (χ1n) is 3.69. The molecule has 2 nitrogen and oxygen atoms in total.